The van der Waals surface area contributed by atoms with Crippen LogP contribution in [0.2, 0.25) is 0 Å². The van der Waals surface area contributed by atoms with Crippen LogP contribution in [0.1, 0.15) is 24.6 Å². The molecule has 0 radical (unpaired) electrons. The molecule has 0 amide bonds. The number of hydrogen-bond acceptors (Lipinski definition) is 2. The normalized spacial score (nSPS) is 17.1. The molecule has 0 unspecified atom stereocenters. The molecule has 76 valence electrons. The van der Waals surface area contributed by atoms with E-state index in [9.17, 15) is 18.0 Å². The second-order valence-corrected chi connectivity index (χ2v) is 3.23. The van der Waals surface area contributed by atoms with E-state index in [4.69, 9.17) is 0 Å². The first-order valence-electron chi connectivity index (χ1n) is 4.15. The predicted molar refractivity (Wildman–Crippen MR) is 41.8 cm³/mol. The third-order valence-electron chi connectivity index (χ3n) is 2.01. The molecule has 1 aromatic rings. The first kappa shape index (κ1) is 9.23. The van der Waals surface area contributed by atoms with Gasteiger partial charge in [-0.15, -0.1) is 0 Å². The summed E-state index contributed by atoms with van der Waals surface area (Å²) in [6, 6.07) is 1.49. The van der Waals surface area contributed by atoms with Gasteiger partial charge in [0.05, 0.1) is 6.04 Å². The van der Waals surface area contributed by atoms with E-state index in [1.807, 2.05) is 0 Å². The minimum absolute atomic E-state index is 0.134. The Balaban J connectivity index is 2.45. The Bertz CT molecular complexity index is 406. The maximum absolute atomic E-state index is 12.2. The van der Waals surface area contributed by atoms with E-state index in [1.54, 1.807) is 0 Å². The summed E-state index contributed by atoms with van der Waals surface area (Å²) in [5.74, 6) is 0. The lowest BCUT2D eigenvalue weighted by Gasteiger charge is -2.07. The number of aromatic nitrogens is 2. The van der Waals surface area contributed by atoms with E-state index in [0.717, 1.165) is 23.6 Å². The summed E-state index contributed by atoms with van der Waals surface area (Å²) >= 11 is 0. The first-order chi connectivity index (χ1) is 6.48. The van der Waals surface area contributed by atoms with Crippen molar-refractivity contribution < 1.29 is 13.2 Å². The summed E-state index contributed by atoms with van der Waals surface area (Å²) in [6.45, 7) is 0. The lowest BCUT2D eigenvalue weighted by atomic mass is 10.4. The standard InChI is InChI=1S/C8H7F3N2O/c9-8(10,11)6-3-4-7(14)13(12-6)5-1-2-5/h3-5H,1-2H2. The number of nitrogens with zero attached hydrogens (tertiary/aromatic N) is 2. The Kier molecular flexibility index (Phi) is 1.87. The zero-order valence-electron chi connectivity index (χ0n) is 7.08. The molecule has 0 bridgehead atoms. The fraction of sp³-hybridized carbons (Fsp3) is 0.500. The number of alkyl halides is 3. The highest BCUT2D eigenvalue weighted by Crippen LogP contribution is 2.33. The van der Waals surface area contributed by atoms with E-state index in [1.165, 1.54) is 0 Å². The fourth-order valence-corrected chi connectivity index (χ4v) is 1.16. The van der Waals surface area contributed by atoms with E-state index in [-0.39, 0.29) is 6.04 Å². The van der Waals surface area contributed by atoms with Crippen molar-refractivity contribution in [1.29, 1.82) is 0 Å². The van der Waals surface area contributed by atoms with Crippen LogP contribution in [-0.4, -0.2) is 9.78 Å². The molecular weight excluding hydrogens is 197 g/mol. The summed E-state index contributed by atoms with van der Waals surface area (Å²) in [6.07, 6.45) is -3.02. The molecule has 1 aromatic heterocycles. The van der Waals surface area contributed by atoms with Crippen molar-refractivity contribution in [3.63, 3.8) is 0 Å². The molecule has 3 nitrogen and oxygen atoms in total. The highest BCUT2D eigenvalue weighted by atomic mass is 19.4. The topological polar surface area (TPSA) is 34.9 Å². The molecule has 1 fully saturated rings. The van der Waals surface area contributed by atoms with Crippen molar-refractivity contribution in [1.82, 2.24) is 9.78 Å². The van der Waals surface area contributed by atoms with Crippen molar-refractivity contribution in [3.05, 3.63) is 28.2 Å². The van der Waals surface area contributed by atoms with E-state index in [0.29, 0.717) is 6.07 Å². The molecule has 0 spiro atoms. The maximum Gasteiger partial charge on any atom is 0.435 e. The first-order valence-corrected chi connectivity index (χ1v) is 4.15. The lowest BCUT2D eigenvalue weighted by Crippen LogP contribution is -2.24. The van der Waals surface area contributed by atoms with E-state index in [2.05, 4.69) is 5.10 Å². The summed E-state index contributed by atoms with van der Waals surface area (Å²) in [4.78, 5) is 11.1. The fourth-order valence-electron chi connectivity index (χ4n) is 1.16. The van der Waals surface area contributed by atoms with Gasteiger partial charge in [0.1, 0.15) is 0 Å². The molecule has 0 atom stereocenters. The maximum atomic E-state index is 12.2. The summed E-state index contributed by atoms with van der Waals surface area (Å²) < 4.78 is 37.5. The van der Waals surface area contributed by atoms with E-state index < -0.39 is 17.4 Å². The molecule has 2 rings (SSSR count). The molecule has 1 aliphatic rings. The van der Waals surface area contributed by atoms with Crippen LogP contribution in [0.15, 0.2) is 16.9 Å². The van der Waals surface area contributed by atoms with Gasteiger partial charge < -0.3 is 0 Å². The largest absolute Gasteiger partial charge is 0.435 e. The lowest BCUT2D eigenvalue weighted by molar-refractivity contribution is -0.142. The molecule has 0 aliphatic heterocycles. The van der Waals surface area contributed by atoms with Gasteiger partial charge in [-0.3, -0.25) is 4.79 Å². The summed E-state index contributed by atoms with van der Waals surface area (Å²) in [5, 5.41) is 3.28. The highest BCUT2D eigenvalue weighted by molar-refractivity contribution is 5.05. The van der Waals surface area contributed by atoms with Gasteiger partial charge in [-0.2, -0.15) is 18.3 Å². The second-order valence-electron chi connectivity index (χ2n) is 3.23. The molecule has 0 saturated heterocycles. The number of halogens is 3. The van der Waals surface area contributed by atoms with Crippen molar-refractivity contribution in [3.8, 4) is 0 Å². The van der Waals surface area contributed by atoms with Crippen LogP contribution in [0.5, 0.6) is 0 Å². The van der Waals surface area contributed by atoms with Crippen LogP contribution < -0.4 is 5.56 Å². The molecule has 0 aromatic carbocycles. The molecule has 1 heterocycles. The van der Waals surface area contributed by atoms with Crippen LogP contribution in [0.25, 0.3) is 0 Å². The zero-order chi connectivity index (χ0) is 10.3. The second kappa shape index (κ2) is 2.83. The summed E-state index contributed by atoms with van der Waals surface area (Å²) in [7, 11) is 0. The Morgan fingerprint density at radius 1 is 1.36 bits per heavy atom. The molecule has 1 aliphatic carbocycles. The SMILES string of the molecule is O=c1ccc(C(F)(F)F)nn1C1CC1. The van der Waals surface area contributed by atoms with Gasteiger partial charge in [-0.25, -0.2) is 4.68 Å². The Labute approximate surface area is 77.2 Å². The third-order valence-corrected chi connectivity index (χ3v) is 2.01. The molecule has 6 heteroatoms. The highest BCUT2D eigenvalue weighted by Gasteiger charge is 2.35. The third kappa shape index (κ3) is 1.64. The smallest absolute Gasteiger partial charge is 0.268 e. The quantitative estimate of drug-likeness (QED) is 0.696. The van der Waals surface area contributed by atoms with Crippen LogP contribution in [0.3, 0.4) is 0 Å². The Hall–Kier alpha value is -1.33. The molecule has 0 N–H and O–H groups in total. The Morgan fingerprint density at radius 2 is 2.00 bits per heavy atom. The van der Waals surface area contributed by atoms with Gasteiger partial charge in [0.2, 0.25) is 0 Å². The monoisotopic (exact) mass is 204 g/mol. The number of rotatable bonds is 1. The van der Waals surface area contributed by atoms with Gasteiger partial charge in [0, 0.05) is 6.07 Å². The van der Waals surface area contributed by atoms with Gasteiger partial charge in [0.25, 0.3) is 5.56 Å². The average Bonchev–Trinajstić information content (AvgIpc) is 2.85. The van der Waals surface area contributed by atoms with Crippen molar-refractivity contribution in [2.45, 2.75) is 25.1 Å². The molecule has 1 saturated carbocycles. The number of hydrogen-bond donors (Lipinski definition) is 0. The van der Waals surface area contributed by atoms with Gasteiger partial charge in [-0.05, 0) is 18.9 Å². The summed E-state index contributed by atoms with van der Waals surface area (Å²) in [5.41, 5.74) is -1.48. The zero-order valence-corrected chi connectivity index (χ0v) is 7.08. The van der Waals surface area contributed by atoms with Crippen molar-refractivity contribution in [2.75, 3.05) is 0 Å². The minimum Gasteiger partial charge on any atom is -0.268 e. The van der Waals surface area contributed by atoms with E-state index >= 15 is 0 Å². The predicted octanol–water partition coefficient (Wildman–Crippen LogP) is 1.60. The van der Waals surface area contributed by atoms with Crippen molar-refractivity contribution >= 4 is 0 Å². The van der Waals surface area contributed by atoms with Gasteiger partial charge in [-0.1, -0.05) is 0 Å². The molecular formula is C8H7F3N2O. The van der Waals surface area contributed by atoms with Crippen LogP contribution in [-0.2, 0) is 6.18 Å². The van der Waals surface area contributed by atoms with Gasteiger partial charge in [0.15, 0.2) is 5.69 Å². The average molecular weight is 204 g/mol. The van der Waals surface area contributed by atoms with Crippen LogP contribution in [0, 0.1) is 0 Å². The molecule has 14 heavy (non-hydrogen) atoms. The minimum atomic E-state index is -4.48. The Morgan fingerprint density at radius 3 is 2.50 bits per heavy atom. The van der Waals surface area contributed by atoms with Crippen molar-refractivity contribution in [2.24, 2.45) is 0 Å². The van der Waals surface area contributed by atoms with Gasteiger partial charge >= 0.3 is 6.18 Å². The van der Waals surface area contributed by atoms with Crippen LogP contribution in [0.4, 0.5) is 13.2 Å². The van der Waals surface area contributed by atoms with Crippen LogP contribution >= 0.6 is 0 Å².